The first-order valence-electron chi connectivity index (χ1n) is 13.5. The van der Waals surface area contributed by atoms with Crippen LogP contribution in [-0.4, -0.2) is 38.9 Å². The zero-order valence-electron chi connectivity index (χ0n) is 23.7. The number of amides is 1. The Morgan fingerprint density at radius 3 is 2.55 bits per heavy atom. The number of aromatic nitrogens is 3. The van der Waals surface area contributed by atoms with Crippen LogP contribution in [0.15, 0.2) is 53.1 Å². The van der Waals surface area contributed by atoms with E-state index in [0.717, 1.165) is 70.2 Å². The summed E-state index contributed by atoms with van der Waals surface area (Å²) in [6.45, 7) is 12.3. The van der Waals surface area contributed by atoms with Gasteiger partial charge in [-0.05, 0) is 50.6 Å². The Labute approximate surface area is 240 Å². The number of carbonyl (C=O) groups excluding carboxylic acids is 1. The van der Waals surface area contributed by atoms with Crippen molar-refractivity contribution in [3.8, 4) is 22.6 Å². The molecule has 2 aromatic heterocycles. The lowest BCUT2D eigenvalue weighted by atomic mass is 9.96. The molecule has 1 aliphatic heterocycles. The average molecular weight is 559 g/mol. The monoisotopic (exact) mass is 558 g/mol. The first kappa shape index (κ1) is 27.7. The number of rotatable bonds is 9. The maximum Gasteiger partial charge on any atom is 0.291 e. The Morgan fingerprint density at radius 1 is 1.10 bits per heavy atom. The van der Waals surface area contributed by atoms with Gasteiger partial charge in [-0.25, -0.2) is 9.97 Å². The van der Waals surface area contributed by atoms with Crippen LogP contribution >= 0.6 is 11.6 Å². The van der Waals surface area contributed by atoms with Crippen LogP contribution in [0.5, 0.6) is 0 Å². The Morgan fingerprint density at radius 2 is 1.82 bits per heavy atom. The molecule has 0 fully saturated rings. The van der Waals surface area contributed by atoms with E-state index >= 15 is 0 Å². The molecule has 9 heteroatoms. The molecule has 4 aromatic rings. The van der Waals surface area contributed by atoms with Crippen molar-refractivity contribution in [1.82, 2.24) is 24.8 Å². The molecule has 0 radical (unpaired) electrons. The molecule has 1 amide bonds. The second-order valence-electron chi connectivity index (χ2n) is 10.2. The number of likely N-dealkylation sites (N-methyl/N-ethyl adjacent to an activating group) is 1. The summed E-state index contributed by atoms with van der Waals surface area (Å²) in [6.07, 6.45) is 1.85. The summed E-state index contributed by atoms with van der Waals surface area (Å²) in [7, 11) is 3.78. The molecule has 3 heterocycles. The summed E-state index contributed by atoms with van der Waals surface area (Å²) in [5, 5.41) is 6.57. The number of hydrogen-bond donors (Lipinski definition) is 2. The number of oxazole rings is 1. The lowest BCUT2D eigenvalue weighted by Gasteiger charge is -2.19. The second kappa shape index (κ2) is 11.3. The summed E-state index contributed by atoms with van der Waals surface area (Å²) in [5.41, 5.74) is 8.07. The van der Waals surface area contributed by atoms with Crippen LogP contribution in [0.2, 0.25) is 5.02 Å². The van der Waals surface area contributed by atoms with Gasteiger partial charge in [0.15, 0.2) is 5.82 Å². The molecule has 0 bridgehead atoms. The lowest BCUT2D eigenvalue weighted by Crippen LogP contribution is -2.23. The molecule has 0 spiro atoms. The highest BCUT2D eigenvalue weighted by molar-refractivity contribution is 6.36. The highest BCUT2D eigenvalue weighted by Gasteiger charge is 2.27. The first-order valence-corrected chi connectivity index (χ1v) is 13.9. The number of nitrogens with zero attached hydrogens (tertiary/aromatic N) is 4. The Balaban J connectivity index is 1.41. The minimum Gasteiger partial charge on any atom is -0.439 e. The fourth-order valence-electron chi connectivity index (χ4n) is 5.33. The molecule has 0 atom stereocenters. The molecule has 0 aliphatic carbocycles. The van der Waals surface area contributed by atoms with Gasteiger partial charge < -0.3 is 24.5 Å². The van der Waals surface area contributed by atoms with Gasteiger partial charge in [0, 0.05) is 36.1 Å². The number of carbonyl (C=O) groups is 1. The fourth-order valence-corrected chi connectivity index (χ4v) is 5.60. The topological polar surface area (TPSA) is 88.2 Å². The first-order chi connectivity index (χ1) is 19.2. The van der Waals surface area contributed by atoms with Crippen molar-refractivity contribution in [1.29, 1.82) is 0 Å². The standard InChI is InChI=1S/C31H35ClN6O2/c1-7-10-26-20(4)34-29(37(26)6)30(39)35-24-14-9-13-23(28(24)32)21-11-8-12-22(19(21)3)31-36-25-16-38(17-27(25)40-31)18(2)15-33-5/h8-9,11-14,33H,2,7,10,15-17H2,1,3-6H3,(H,35,39). The minimum absolute atomic E-state index is 0.293. The maximum absolute atomic E-state index is 13.2. The number of aryl methyl sites for hydroxylation is 1. The quantitative estimate of drug-likeness (QED) is 0.252. The summed E-state index contributed by atoms with van der Waals surface area (Å²) in [6, 6.07) is 11.6. The summed E-state index contributed by atoms with van der Waals surface area (Å²) < 4.78 is 8.09. The number of halogens is 1. The zero-order valence-corrected chi connectivity index (χ0v) is 24.4. The van der Waals surface area contributed by atoms with E-state index < -0.39 is 0 Å². The van der Waals surface area contributed by atoms with E-state index in [0.29, 0.717) is 35.5 Å². The average Bonchev–Trinajstić information content (AvgIpc) is 3.59. The summed E-state index contributed by atoms with van der Waals surface area (Å²) >= 11 is 6.90. The summed E-state index contributed by atoms with van der Waals surface area (Å²) in [5.74, 6) is 1.53. The fraction of sp³-hybridized carbons (Fsp3) is 0.323. The van der Waals surface area contributed by atoms with E-state index in [9.17, 15) is 4.79 Å². The molecule has 0 saturated heterocycles. The third kappa shape index (κ3) is 5.05. The normalized spacial score (nSPS) is 12.6. The number of benzene rings is 2. The molecule has 2 N–H and O–H groups in total. The molecular weight excluding hydrogens is 524 g/mol. The van der Waals surface area contributed by atoms with Gasteiger partial charge in [-0.1, -0.05) is 55.8 Å². The van der Waals surface area contributed by atoms with Crippen LogP contribution in [0.3, 0.4) is 0 Å². The molecule has 0 unspecified atom stereocenters. The van der Waals surface area contributed by atoms with Crippen LogP contribution in [0, 0.1) is 13.8 Å². The van der Waals surface area contributed by atoms with Gasteiger partial charge in [0.05, 0.1) is 29.5 Å². The predicted octanol–water partition coefficient (Wildman–Crippen LogP) is 6.27. The molecule has 40 heavy (non-hydrogen) atoms. The molecule has 8 nitrogen and oxygen atoms in total. The molecule has 0 saturated carbocycles. The van der Waals surface area contributed by atoms with Crippen LogP contribution in [0.1, 0.15) is 52.4 Å². The minimum atomic E-state index is -0.293. The predicted molar refractivity (Wildman–Crippen MR) is 159 cm³/mol. The zero-order chi connectivity index (χ0) is 28.6. The molecule has 208 valence electrons. The highest BCUT2D eigenvalue weighted by atomic mass is 35.5. The number of nitrogens with one attached hydrogen (secondary N) is 2. The van der Waals surface area contributed by atoms with E-state index in [-0.39, 0.29) is 5.91 Å². The maximum atomic E-state index is 13.2. The third-order valence-corrected chi connectivity index (χ3v) is 7.89. The van der Waals surface area contributed by atoms with Crippen molar-refractivity contribution in [3.63, 3.8) is 0 Å². The number of imidazole rings is 1. The van der Waals surface area contributed by atoms with Crippen molar-refractivity contribution >= 4 is 23.2 Å². The number of anilines is 1. The van der Waals surface area contributed by atoms with Gasteiger partial charge in [0.2, 0.25) is 5.89 Å². The van der Waals surface area contributed by atoms with E-state index in [2.05, 4.69) is 34.0 Å². The Bertz CT molecular complexity index is 1580. The van der Waals surface area contributed by atoms with Gasteiger partial charge in [0.25, 0.3) is 5.91 Å². The van der Waals surface area contributed by atoms with Crippen molar-refractivity contribution in [2.45, 2.75) is 46.7 Å². The third-order valence-electron chi connectivity index (χ3n) is 7.49. The Kier molecular flexibility index (Phi) is 7.83. The van der Waals surface area contributed by atoms with Crippen LogP contribution in [0.4, 0.5) is 5.69 Å². The van der Waals surface area contributed by atoms with E-state index in [1.54, 1.807) is 6.07 Å². The van der Waals surface area contributed by atoms with Gasteiger partial charge in [-0.3, -0.25) is 4.79 Å². The van der Waals surface area contributed by atoms with Crippen LogP contribution < -0.4 is 10.6 Å². The van der Waals surface area contributed by atoms with E-state index in [1.807, 2.05) is 62.8 Å². The SMILES string of the molecule is C=C(CNC)N1Cc2nc(-c3cccc(-c4cccc(NC(=O)c5nc(C)c(CCC)n5C)c4Cl)c3C)oc2C1. The summed E-state index contributed by atoms with van der Waals surface area (Å²) in [4.78, 5) is 24.7. The van der Waals surface area contributed by atoms with Crippen molar-refractivity contribution in [2.75, 3.05) is 18.9 Å². The van der Waals surface area contributed by atoms with Crippen LogP contribution in [-0.2, 0) is 26.6 Å². The Hall–Kier alpha value is -3.88. The highest BCUT2D eigenvalue weighted by Crippen LogP contribution is 2.39. The van der Waals surface area contributed by atoms with Crippen molar-refractivity contribution < 1.29 is 9.21 Å². The van der Waals surface area contributed by atoms with E-state index in [1.165, 1.54) is 0 Å². The van der Waals surface area contributed by atoms with Crippen molar-refractivity contribution in [2.24, 2.45) is 7.05 Å². The number of fused-ring (bicyclic) bond motifs is 1. The molecule has 2 aromatic carbocycles. The van der Waals surface area contributed by atoms with Gasteiger partial charge in [0.1, 0.15) is 11.5 Å². The van der Waals surface area contributed by atoms with Crippen LogP contribution in [0.25, 0.3) is 22.6 Å². The van der Waals surface area contributed by atoms with E-state index in [4.69, 9.17) is 21.0 Å². The molecule has 5 rings (SSSR count). The van der Waals surface area contributed by atoms with Crippen molar-refractivity contribution in [3.05, 3.63) is 87.9 Å². The van der Waals surface area contributed by atoms with Gasteiger partial charge in [-0.2, -0.15) is 0 Å². The molecule has 1 aliphatic rings. The number of hydrogen-bond acceptors (Lipinski definition) is 6. The lowest BCUT2D eigenvalue weighted by molar-refractivity contribution is 0.101. The van der Waals surface area contributed by atoms with Gasteiger partial charge in [-0.15, -0.1) is 0 Å². The largest absolute Gasteiger partial charge is 0.439 e. The smallest absolute Gasteiger partial charge is 0.291 e. The molecular formula is C31H35ClN6O2. The van der Waals surface area contributed by atoms with Gasteiger partial charge >= 0.3 is 0 Å². The second-order valence-corrected chi connectivity index (χ2v) is 10.6.